The molecule has 0 unspecified atom stereocenters. The van der Waals surface area contributed by atoms with E-state index in [1.165, 1.54) is 0 Å². The molecule has 0 aliphatic rings. The lowest BCUT2D eigenvalue weighted by Crippen LogP contribution is -2.24. The number of allylic oxidation sites excluding steroid dienone is 1. The lowest BCUT2D eigenvalue weighted by Gasteiger charge is -2.05. The molecule has 19 heavy (non-hydrogen) atoms. The third-order valence-electron chi connectivity index (χ3n) is 2.24. The van der Waals surface area contributed by atoms with Crippen LogP contribution in [0.1, 0.15) is 24.2 Å². The van der Waals surface area contributed by atoms with Gasteiger partial charge in [0.25, 0.3) is 15.0 Å². The number of hydrogen-bond acceptors (Lipinski definition) is 3. The van der Waals surface area contributed by atoms with Gasteiger partial charge in [-0.25, -0.2) is 12.8 Å². The molecule has 0 atom stereocenters. The summed E-state index contributed by atoms with van der Waals surface area (Å²) in [4.78, 5) is 11.3. The number of rotatable bonds is 4. The standard InChI is InChI=1S/C12H13ClFNO3S/c1-8(2)5-6-15-12(16)10-4-3-9(7-11(10)14)19(13,17)18/h3-5,7H,6H2,1-2H3,(H,15,16). The van der Waals surface area contributed by atoms with Crippen molar-refractivity contribution in [3.63, 3.8) is 0 Å². The summed E-state index contributed by atoms with van der Waals surface area (Å²) in [5.74, 6) is -1.55. The Morgan fingerprint density at radius 1 is 1.42 bits per heavy atom. The number of hydrogen-bond donors (Lipinski definition) is 1. The normalized spacial score (nSPS) is 10.9. The van der Waals surface area contributed by atoms with Gasteiger partial charge in [-0.15, -0.1) is 0 Å². The number of benzene rings is 1. The van der Waals surface area contributed by atoms with Crippen LogP contribution in [-0.4, -0.2) is 20.9 Å². The average Bonchev–Trinajstić information content (AvgIpc) is 2.26. The highest BCUT2D eigenvalue weighted by Crippen LogP contribution is 2.18. The predicted molar refractivity (Wildman–Crippen MR) is 71.2 cm³/mol. The van der Waals surface area contributed by atoms with Crippen LogP contribution in [0.5, 0.6) is 0 Å². The highest BCUT2D eigenvalue weighted by molar-refractivity contribution is 8.13. The molecule has 1 rings (SSSR count). The molecule has 7 heteroatoms. The van der Waals surface area contributed by atoms with Crippen molar-refractivity contribution in [2.45, 2.75) is 18.7 Å². The molecule has 0 saturated heterocycles. The lowest BCUT2D eigenvalue weighted by atomic mass is 10.2. The first-order valence-electron chi connectivity index (χ1n) is 5.37. The molecule has 0 aliphatic carbocycles. The largest absolute Gasteiger partial charge is 0.348 e. The Morgan fingerprint density at radius 2 is 2.05 bits per heavy atom. The first-order valence-corrected chi connectivity index (χ1v) is 7.68. The highest BCUT2D eigenvalue weighted by atomic mass is 35.7. The summed E-state index contributed by atoms with van der Waals surface area (Å²) < 4.78 is 35.6. The van der Waals surface area contributed by atoms with Gasteiger partial charge in [-0.1, -0.05) is 11.6 Å². The Hall–Kier alpha value is -1.40. The second kappa shape index (κ2) is 6.16. The minimum Gasteiger partial charge on any atom is -0.348 e. The SMILES string of the molecule is CC(C)=CCNC(=O)c1ccc(S(=O)(=O)Cl)cc1F. The van der Waals surface area contributed by atoms with Gasteiger partial charge in [-0.3, -0.25) is 4.79 Å². The molecule has 0 aromatic heterocycles. The molecule has 0 radical (unpaired) electrons. The Kier molecular flexibility index (Phi) is 5.08. The van der Waals surface area contributed by atoms with E-state index in [-0.39, 0.29) is 17.0 Å². The van der Waals surface area contributed by atoms with Crippen molar-refractivity contribution in [3.8, 4) is 0 Å². The minimum atomic E-state index is -4.00. The topological polar surface area (TPSA) is 63.2 Å². The maximum atomic E-state index is 13.6. The molecular formula is C12H13ClFNO3S. The maximum absolute atomic E-state index is 13.6. The number of nitrogens with one attached hydrogen (secondary N) is 1. The minimum absolute atomic E-state index is 0.230. The summed E-state index contributed by atoms with van der Waals surface area (Å²) in [5, 5.41) is 2.49. The van der Waals surface area contributed by atoms with Crippen molar-refractivity contribution in [2.24, 2.45) is 0 Å². The van der Waals surface area contributed by atoms with Gasteiger partial charge >= 0.3 is 0 Å². The van der Waals surface area contributed by atoms with Gasteiger partial charge in [0.2, 0.25) is 0 Å². The third kappa shape index (κ3) is 4.65. The van der Waals surface area contributed by atoms with E-state index in [1.807, 2.05) is 13.8 Å². The van der Waals surface area contributed by atoms with E-state index >= 15 is 0 Å². The molecule has 4 nitrogen and oxygen atoms in total. The van der Waals surface area contributed by atoms with Gasteiger partial charge in [0.05, 0.1) is 10.5 Å². The fraction of sp³-hybridized carbons (Fsp3) is 0.250. The fourth-order valence-corrected chi connectivity index (χ4v) is 2.04. The Bertz CT molecular complexity index is 622. The van der Waals surface area contributed by atoms with Crippen molar-refractivity contribution in [3.05, 3.63) is 41.2 Å². The van der Waals surface area contributed by atoms with Gasteiger partial charge in [0, 0.05) is 17.2 Å². The molecule has 0 heterocycles. The monoisotopic (exact) mass is 305 g/mol. The third-order valence-corrected chi connectivity index (χ3v) is 3.59. The van der Waals surface area contributed by atoms with E-state index < -0.39 is 20.8 Å². The van der Waals surface area contributed by atoms with Crippen molar-refractivity contribution < 1.29 is 17.6 Å². The van der Waals surface area contributed by atoms with E-state index in [0.717, 1.165) is 23.8 Å². The summed E-state index contributed by atoms with van der Waals surface area (Å²) in [6, 6.07) is 2.89. The first kappa shape index (κ1) is 15.7. The quantitative estimate of drug-likeness (QED) is 0.686. The zero-order valence-electron chi connectivity index (χ0n) is 10.4. The molecule has 0 saturated carbocycles. The summed E-state index contributed by atoms with van der Waals surface area (Å²) in [5.41, 5.74) is 0.788. The Balaban J connectivity index is 2.91. The lowest BCUT2D eigenvalue weighted by molar-refractivity contribution is 0.0954. The number of amides is 1. The van der Waals surface area contributed by atoms with Crippen LogP contribution in [0.15, 0.2) is 34.7 Å². The molecule has 104 valence electrons. The van der Waals surface area contributed by atoms with Crippen molar-refractivity contribution in [1.29, 1.82) is 0 Å². The number of carbonyl (C=O) groups excluding carboxylic acids is 1. The van der Waals surface area contributed by atoms with E-state index in [1.54, 1.807) is 6.08 Å². The Labute approximate surface area is 115 Å². The van der Waals surface area contributed by atoms with E-state index in [9.17, 15) is 17.6 Å². The first-order chi connectivity index (χ1) is 8.71. The molecule has 1 aromatic rings. The summed E-state index contributed by atoms with van der Waals surface area (Å²) in [6.45, 7) is 4.01. The Morgan fingerprint density at radius 3 is 2.53 bits per heavy atom. The van der Waals surface area contributed by atoms with Crippen LogP contribution in [0, 0.1) is 5.82 Å². The summed E-state index contributed by atoms with van der Waals surface area (Å²) >= 11 is 0. The van der Waals surface area contributed by atoms with Crippen LogP contribution in [0.4, 0.5) is 4.39 Å². The van der Waals surface area contributed by atoms with Gasteiger partial charge in [-0.2, -0.15) is 0 Å². The van der Waals surface area contributed by atoms with Crippen LogP contribution in [0.3, 0.4) is 0 Å². The van der Waals surface area contributed by atoms with Crippen LogP contribution in [-0.2, 0) is 9.05 Å². The molecule has 1 aromatic carbocycles. The average molecular weight is 306 g/mol. The molecule has 0 spiro atoms. The van der Waals surface area contributed by atoms with Crippen LogP contribution < -0.4 is 5.32 Å². The second-order valence-corrected chi connectivity index (χ2v) is 6.64. The predicted octanol–water partition coefficient (Wildman–Crippen LogP) is 2.45. The highest BCUT2D eigenvalue weighted by Gasteiger charge is 2.16. The molecule has 0 fully saturated rings. The van der Waals surface area contributed by atoms with Gasteiger partial charge in [0.1, 0.15) is 5.82 Å². The molecule has 1 amide bonds. The van der Waals surface area contributed by atoms with Crippen LogP contribution in [0.25, 0.3) is 0 Å². The van der Waals surface area contributed by atoms with E-state index in [0.29, 0.717) is 0 Å². The van der Waals surface area contributed by atoms with Gasteiger partial charge < -0.3 is 5.32 Å². The fourth-order valence-electron chi connectivity index (χ4n) is 1.27. The van der Waals surface area contributed by atoms with Gasteiger partial charge in [0.15, 0.2) is 0 Å². The smallest absolute Gasteiger partial charge is 0.261 e. The van der Waals surface area contributed by atoms with E-state index in [2.05, 4.69) is 5.32 Å². The van der Waals surface area contributed by atoms with Crippen molar-refractivity contribution in [1.82, 2.24) is 5.32 Å². The maximum Gasteiger partial charge on any atom is 0.261 e. The molecule has 0 bridgehead atoms. The molecule has 0 aliphatic heterocycles. The van der Waals surface area contributed by atoms with Crippen molar-refractivity contribution in [2.75, 3.05) is 6.54 Å². The van der Waals surface area contributed by atoms with E-state index in [4.69, 9.17) is 10.7 Å². The van der Waals surface area contributed by atoms with Crippen molar-refractivity contribution >= 4 is 25.6 Å². The van der Waals surface area contributed by atoms with Gasteiger partial charge in [-0.05, 0) is 32.0 Å². The molecular weight excluding hydrogens is 293 g/mol. The summed E-state index contributed by atoms with van der Waals surface area (Å²) in [7, 11) is 1.07. The zero-order chi connectivity index (χ0) is 14.6. The zero-order valence-corrected chi connectivity index (χ0v) is 12.0. The number of halogens is 2. The van der Waals surface area contributed by atoms with Crippen LogP contribution in [0.2, 0.25) is 0 Å². The second-order valence-electron chi connectivity index (χ2n) is 4.07. The van der Waals surface area contributed by atoms with Crippen LogP contribution >= 0.6 is 10.7 Å². The summed E-state index contributed by atoms with van der Waals surface area (Å²) in [6.07, 6.45) is 1.77. The molecule has 1 N–H and O–H groups in total. The number of carbonyl (C=O) groups is 1.